The van der Waals surface area contributed by atoms with Gasteiger partial charge in [-0.15, -0.1) is 10.2 Å². The van der Waals surface area contributed by atoms with E-state index in [1.807, 2.05) is 6.07 Å². The van der Waals surface area contributed by atoms with E-state index in [4.69, 9.17) is 4.74 Å². The molecule has 1 aliphatic heterocycles. The number of hydrogen-bond acceptors (Lipinski definition) is 5. The van der Waals surface area contributed by atoms with E-state index in [9.17, 15) is 5.11 Å². The molecule has 2 N–H and O–H groups in total. The number of hydrogen-bond donors (Lipinski definition) is 2. The van der Waals surface area contributed by atoms with E-state index in [0.717, 1.165) is 66.7 Å². The van der Waals surface area contributed by atoms with E-state index >= 15 is 0 Å². The van der Waals surface area contributed by atoms with Crippen molar-refractivity contribution in [3.8, 4) is 17.0 Å². The smallest absolute Gasteiger partial charge is 0.154 e. The fourth-order valence-corrected chi connectivity index (χ4v) is 5.35. The van der Waals surface area contributed by atoms with Gasteiger partial charge in [-0.2, -0.15) is 0 Å². The highest BCUT2D eigenvalue weighted by atomic mass is 16.5. The lowest BCUT2D eigenvalue weighted by atomic mass is 9.92. The van der Waals surface area contributed by atoms with E-state index in [0.29, 0.717) is 18.4 Å². The van der Waals surface area contributed by atoms with Gasteiger partial charge < -0.3 is 15.2 Å². The van der Waals surface area contributed by atoms with Crippen molar-refractivity contribution in [2.45, 2.75) is 82.5 Å². The average molecular weight is 377 g/mol. The zero-order valence-corrected chi connectivity index (χ0v) is 16.3. The van der Waals surface area contributed by atoms with E-state index in [-0.39, 0.29) is 5.60 Å². The van der Waals surface area contributed by atoms with Crippen LogP contribution in [0.4, 0.5) is 5.82 Å². The number of nitrogens with one attached hydrogen (secondary N) is 1. The topological polar surface area (TPSA) is 67.3 Å². The van der Waals surface area contributed by atoms with Gasteiger partial charge in [0.1, 0.15) is 11.4 Å². The van der Waals surface area contributed by atoms with Crippen LogP contribution in [0.15, 0.2) is 12.1 Å². The molecule has 2 saturated carbocycles. The van der Waals surface area contributed by atoms with Crippen molar-refractivity contribution in [3.05, 3.63) is 34.4 Å². The molecule has 2 aromatic rings. The lowest BCUT2D eigenvalue weighted by Gasteiger charge is -2.29. The monoisotopic (exact) mass is 377 g/mol. The van der Waals surface area contributed by atoms with Crippen LogP contribution in [0, 0.1) is 0 Å². The van der Waals surface area contributed by atoms with Crippen LogP contribution in [0.5, 0.6) is 5.75 Å². The third kappa shape index (κ3) is 2.63. The van der Waals surface area contributed by atoms with Crippen molar-refractivity contribution >= 4 is 5.82 Å². The predicted molar refractivity (Wildman–Crippen MR) is 107 cm³/mol. The SMILES string of the molecule is Oc1c(-c2nnc(NC3CCCC3)c3c2CC2(CC2)OC3)ccc2c1CCC2. The molecule has 146 valence electrons. The van der Waals surface area contributed by atoms with Crippen LogP contribution in [0.1, 0.15) is 67.2 Å². The summed E-state index contributed by atoms with van der Waals surface area (Å²) in [5, 5.41) is 23.9. The number of nitrogens with zero attached hydrogens (tertiary/aromatic N) is 2. The second-order valence-electron chi connectivity index (χ2n) is 9.08. The van der Waals surface area contributed by atoms with E-state index in [2.05, 4.69) is 21.6 Å². The summed E-state index contributed by atoms with van der Waals surface area (Å²) in [7, 11) is 0. The predicted octanol–water partition coefficient (Wildman–Crippen LogP) is 4.30. The summed E-state index contributed by atoms with van der Waals surface area (Å²) < 4.78 is 6.23. The molecule has 2 fully saturated rings. The second kappa shape index (κ2) is 6.18. The Kier molecular flexibility index (Phi) is 3.70. The van der Waals surface area contributed by atoms with Crippen LogP contribution in [-0.2, 0) is 30.6 Å². The van der Waals surface area contributed by atoms with Crippen LogP contribution in [0.2, 0.25) is 0 Å². The molecule has 0 unspecified atom stereocenters. The summed E-state index contributed by atoms with van der Waals surface area (Å²) in [6.07, 6.45) is 11.2. The maximum Gasteiger partial charge on any atom is 0.154 e. The van der Waals surface area contributed by atoms with Crippen molar-refractivity contribution in [2.75, 3.05) is 5.32 Å². The number of aromatic hydroxyl groups is 1. The number of phenols is 1. The third-order valence-corrected chi connectivity index (χ3v) is 7.22. The first-order valence-corrected chi connectivity index (χ1v) is 10.9. The molecule has 1 aromatic heterocycles. The van der Waals surface area contributed by atoms with Crippen LogP contribution < -0.4 is 5.32 Å². The Hall–Kier alpha value is -2.14. The first kappa shape index (κ1) is 16.8. The van der Waals surface area contributed by atoms with Gasteiger partial charge in [0, 0.05) is 23.6 Å². The zero-order chi connectivity index (χ0) is 18.7. The minimum Gasteiger partial charge on any atom is -0.507 e. The summed E-state index contributed by atoms with van der Waals surface area (Å²) in [5.74, 6) is 1.31. The minimum atomic E-state index is 0.00174. The second-order valence-corrected chi connectivity index (χ2v) is 9.08. The fourth-order valence-electron chi connectivity index (χ4n) is 5.35. The summed E-state index contributed by atoms with van der Waals surface area (Å²) in [5.41, 5.74) is 6.46. The number of fused-ring (bicyclic) bond motifs is 2. The van der Waals surface area contributed by atoms with Gasteiger partial charge in [-0.05, 0) is 67.7 Å². The quantitative estimate of drug-likeness (QED) is 0.835. The van der Waals surface area contributed by atoms with Gasteiger partial charge in [0.05, 0.1) is 12.2 Å². The fraction of sp³-hybridized carbons (Fsp3) is 0.565. The summed E-state index contributed by atoms with van der Waals surface area (Å²) in [6.45, 7) is 0.596. The standard InChI is InChI=1S/C23H27N3O2/c27-21-16-7-3-4-14(16)8-9-17(21)20-18-12-23(10-11-23)28-13-19(18)22(26-25-20)24-15-5-1-2-6-15/h8-9,15,27H,1-7,10-13H2,(H,24,26). The number of anilines is 1. The Morgan fingerprint density at radius 3 is 2.68 bits per heavy atom. The first-order chi connectivity index (χ1) is 13.7. The molecule has 5 nitrogen and oxygen atoms in total. The Bertz CT molecular complexity index is 945. The highest BCUT2D eigenvalue weighted by molar-refractivity contribution is 5.75. The zero-order valence-electron chi connectivity index (χ0n) is 16.3. The van der Waals surface area contributed by atoms with Crippen LogP contribution in [0.25, 0.3) is 11.3 Å². The molecule has 0 saturated heterocycles. The molecular weight excluding hydrogens is 350 g/mol. The highest BCUT2D eigenvalue weighted by Crippen LogP contribution is 2.50. The number of aryl methyl sites for hydroxylation is 1. The Morgan fingerprint density at radius 2 is 1.86 bits per heavy atom. The molecule has 2 heterocycles. The van der Waals surface area contributed by atoms with Crippen LogP contribution >= 0.6 is 0 Å². The molecule has 1 spiro atoms. The Balaban J connectivity index is 1.45. The van der Waals surface area contributed by atoms with Gasteiger partial charge in [-0.3, -0.25) is 0 Å². The number of phenolic OH excluding ortho intramolecular Hbond substituents is 1. The lowest BCUT2D eigenvalue weighted by Crippen LogP contribution is -2.28. The van der Waals surface area contributed by atoms with E-state index in [1.165, 1.54) is 36.8 Å². The Morgan fingerprint density at radius 1 is 1.00 bits per heavy atom. The lowest BCUT2D eigenvalue weighted by molar-refractivity contribution is 0.00832. The number of ether oxygens (including phenoxy) is 1. The first-order valence-electron chi connectivity index (χ1n) is 10.9. The molecule has 0 bridgehead atoms. The summed E-state index contributed by atoms with van der Waals surface area (Å²) in [6, 6.07) is 4.71. The molecule has 1 aromatic carbocycles. The van der Waals surface area contributed by atoms with Crippen molar-refractivity contribution < 1.29 is 9.84 Å². The molecule has 6 rings (SSSR count). The van der Waals surface area contributed by atoms with Crippen LogP contribution in [-0.4, -0.2) is 26.9 Å². The molecule has 0 amide bonds. The van der Waals surface area contributed by atoms with Gasteiger partial charge in [-0.1, -0.05) is 18.9 Å². The van der Waals surface area contributed by atoms with Gasteiger partial charge >= 0.3 is 0 Å². The minimum absolute atomic E-state index is 0.00174. The van der Waals surface area contributed by atoms with Crippen molar-refractivity contribution in [1.82, 2.24) is 10.2 Å². The van der Waals surface area contributed by atoms with Crippen molar-refractivity contribution in [2.24, 2.45) is 0 Å². The summed E-state index contributed by atoms with van der Waals surface area (Å²) in [4.78, 5) is 0. The van der Waals surface area contributed by atoms with Gasteiger partial charge in [0.25, 0.3) is 0 Å². The van der Waals surface area contributed by atoms with Crippen LogP contribution in [0.3, 0.4) is 0 Å². The normalized spacial score (nSPS) is 22.3. The number of aromatic nitrogens is 2. The highest BCUT2D eigenvalue weighted by Gasteiger charge is 2.48. The van der Waals surface area contributed by atoms with E-state index in [1.54, 1.807) is 0 Å². The van der Waals surface area contributed by atoms with Gasteiger partial charge in [0.2, 0.25) is 0 Å². The molecule has 4 aliphatic rings. The molecule has 0 radical (unpaired) electrons. The van der Waals surface area contributed by atoms with Crippen molar-refractivity contribution in [1.29, 1.82) is 0 Å². The molecule has 0 atom stereocenters. The molecule has 28 heavy (non-hydrogen) atoms. The Labute approximate surface area is 165 Å². The molecule has 5 heteroatoms. The molecular formula is C23H27N3O2. The number of benzene rings is 1. The maximum atomic E-state index is 11.0. The van der Waals surface area contributed by atoms with Gasteiger partial charge in [-0.25, -0.2) is 0 Å². The largest absolute Gasteiger partial charge is 0.507 e. The third-order valence-electron chi connectivity index (χ3n) is 7.22. The van der Waals surface area contributed by atoms with Gasteiger partial charge in [0.15, 0.2) is 5.82 Å². The van der Waals surface area contributed by atoms with E-state index < -0.39 is 0 Å². The maximum absolute atomic E-state index is 11.0. The average Bonchev–Trinajstić information content (AvgIpc) is 3.12. The summed E-state index contributed by atoms with van der Waals surface area (Å²) >= 11 is 0. The van der Waals surface area contributed by atoms with Crippen molar-refractivity contribution in [3.63, 3.8) is 0 Å². The number of rotatable bonds is 3. The molecule has 3 aliphatic carbocycles.